The van der Waals surface area contributed by atoms with Gasteiger partial charge in [0.1, 0.15) is 17.4 Å². The molecule has 1 aromatic heterocycles. The molecule has 0 bridgehead atoms. The molecule has 0 radical (unpaired) electrons. The molecule has 0 unspecified atom stereocenters. The molecule has 0 aliphatic carbocycles. The van der Waals surface area contributed by atoms with Gasteiger partial charge in [-0.05, 0) is 31.2 Å². The van der Waals surface area contributed by atoms with Crippen molar-refractivity contribution in [2.45, 2.75) is 20.1 Å². The summed E-state index contributed by atoms with van der Waals surface area (Å²) in [5.41, 5.74) is 2.77. The first-order valence-corrected chi connectivity index (χ1v) is 9.08. The van der Waals surface area contributed by atoms with Gasteiger partial charge in [0.15, 0.2) is 0 Å². The van der Waals surface area contributed by atoms with Gasteiger partial charge in [-0.25, -0.2) is 4.98 Å². The average Bonchev–Trinajstić information content (AvgIpc) is 3.20. The lowest BCUT2D eigenvalue weighted by Crippen LogP contribution is -2.29. The van der Waals surface area contributed by atoms with E-state index in [9.17, 15) is 9.59 Å². The molecule has 0 spiro atoms. The predicted molar refractivity (Wildman–Crippen MR) is 98.3 cm³/mol. The number of rotatable bonds is 5. The Morgan fingerprint density at radius 2 is 1.65 bits per heavy atom. The van der Waals surface area contributed by atoms with Crippen molar-refractivity contribution in [2.75, 3.05) is 0 Å². The van der Waals surface area contributed by atoms with Gasteiger partial charge in [0, 0.05) is 5.38 Å². The summed E-state index contributed by atoms with van der Waals surface area (Å²) in [6, 6.07) is 14.7. The van der Waals surface area contributed by atoms with Crippen LogP contribution in [0.3, 0.4) is 0 Å². The minimum Gasteiger partial charge on any atom is -0.486 e. The quantitative estimate of drug-likeness (QED) is 0.646. The molecule has 1 aliphatic rings. The molecule has 130 valence electrons. The zero-order valence-electron chi connectivity index (χ0n) is 14.1. The zero-order valence-corrected chi connectivity index (χ0v) is 15.0. The lowest BCUT2D eigenvalue weighted by Gasteiger charge is -2.11. The maximum Gasteiger partial charge on any atom is 0.261 e. The molecule has 26 heavy (non-hydrogen) atoms. The standard InChI is InChI=1S/C20H16N2O3S/c1-13-6-8-15(9-7-13)25-11-18-21-14(12-26-18)10-22-19(23)16-4-2-3-5-17(16)20(22)24/h2-9,12H,10-11H2,1H3. The van der Waals surface area contributed by atoms with Gasteiger partial charge in [-0.2, -0.15) is 0 Å². The van der Waals surface area contributed by atoms with Gasteiger partial charge in [-0.1, -0.05) is 29.8 Å². The second-order valence-electron chi connectivity index (χ2n) is 6.08. The fourth-order valence-corrected chi connectivity index (χ4v) is 3.51. The van der Waals surface area contributed by atoms with Crippen LogP contribution in [0.25, 0.3) is 0 Å². The lowest BCUT2D eigenvalue weighted by molar-refractivity contribution is 0.0640. The van der Waals surface area contributed by atoms with E-state index in [0.29, 0.717) is 23.4 Å². The van der Waals surface area contributed by atoms with Crippen molar-refractivity contribution in [2.24, 2.45) is 0 Å². The van der Waals surface area contributed by atoms with E-state index >= 15 is 0 Å². The number of aryl methyl sites for hydroxylation is 1. The molecule has 0 atom stereocenters. The molecular formula is C20H16N2O3S. The van der Waals surface area contributed by atoms with Crippen LogP contribution in [0.1, 0.15) is 37.0 Å². The van der Waals surface area contributed by atoms with E-state index in [-0.39, 0.29) is 18.4 Å². The Hall–Kier alpha value is -2.99. The molecule has 2 aromatic carbocycles. The van der Waals surface area contributed by atoms with Gasteiger partial charge >= 0.3 is 0 Å². The van der Waals surface area contributed by atoms with Gasteiger partial charge in [-0.3, -0.25) is 14.5 Å². The van der Waals surface area contributed by atoms with Crippen LogP contribution in [-0.4, -0.2) is 21.7 Å². The first-order chi connectivity index (χ1) is 12.6. The SMILES string of the molecule is Cc1ccc(OCc2nc(CN3C(=O)c4ccccc4C3=O)cs2)cc1. The molecule has 0 saturated carbocycles. The average molecular weight is 364 g/mol. The highest BCUT2D eigenvalue weighted by atomic mass is 32.1. The Kier molecular flexibility index (Phi) is 4.26. The molecule has 5 nitrogen and oxygen atoms in total. The molecule has 2 amide bonds. The van der Waals surface area contributed by atoms with Gasteiger partial charge in [0.05, 0.1) is 23.4 Å². The van der Waals surface area contributed by atoms with Crippen LogP contribution in [0.15, 0.2) is 53.9 Å². The summed E-state index contributed by atoms with van der Waals surface area (Å²) in [5.74, 6) is 0.250. The number of nitrogens with zero attached hydrogens (tertiary/aromatic N) is 2. The van der Waals surface area contributed by atoms with Gasteiger partial charge < -0.3 is 4.74 Å². The summed E-state index contributed by atoms with van der Waals surface area (Å²) in [4.78, 5) is 30.6. The van der Waals surface area contributed by atoms with E-state index in [1.807, 2.05) is 36.6 Å². The number of hydrogen-bond donors (Lipinski definition) is 0. The highest BCUT2D eigenvalue weighted by Gasteiger charge is 2.35. The van der Waals surface area contributed by atoms with Crippen LogP contribution < -0.4 is 4.74 Å². The smallest absolute Gasteiger partial charge is 0.261 e. The van der Waals surface area contributed by atoms with Crippen molar-refractivity contribution < 1.29 is 14.3 Å². The summed E-state index contributed by atoms with van der Waals surface area (Å²) in [5, 5.41) is 2.66. The van der Waals surface area contributed by atoms with E-state index in [4.69, 9.17) is 4.74 Å². The largest absolute Gasteiger partial charge is 0.486 e. The number of hydrogen-bond acceptors (Lipinski definition) is 5. The van der Waals surface area contributed by atoms with Crippen LogP contribution in [0, 0.1) is 6.92 Å². The molecular weight excluding hydrogens is 348 g/mol. The minimum atomic E-state index is -0.268. The molecule has 0 N–H and O–H groups in total. The van der Waals surface area contributed by atoms with Crippen LogP contribution in [0.5, 0.6) is 5.75 Å². The Bertz CT molecular complexity index is 944. The Morgan fingerprint density at radius 1 is 1.00 bits per heavy atom. The van der Waals surface area contributed by atoms with Gasteiger partial charge in [-0.15, -0.1) is 11.3 Å². The molecule has 0 saturated heterocycles. The van der Waals surface area contributed by atoms with E-state index in [1.165, 1.54) is 21.8 Å². The maximum atomic E-state index is 12.4. The normalized spacial score (nSPS) is 13.2. The summed E-state index contributed by atoms with van der Waals surface area (Å²) < 4.78 is 5.72. The van der Waals surface area contributed by atoms with Crippen molar-refractivity contribution in [1.29, 1.82) is 0 Å². The van der Waals surface area contributed by atoms with E-state index < -0.39 is 0 Å². The monoisotopic (exact) mass is 364 g/mol. The second-order valence-corrected chi connectivity index (χ2v) is 7.02. The first kappa shape index (κ1) is 16.5. The number of aromatic nitrogens is 1. The number of amides is 2. The zero-order chi connectivity index (χ0) is 18.1. The predicted octanol–water partition coefficient (Wildman–Crippen LogP) is 3.83. The van der Waals surface area contributed by atoms with Crippen LogP contribution in [0.2, 0.25) is 0 Å². The molecule has 6 heteroatoms. The van der Waals surface area contributed by atoms with Crippen LogP contribution in [-0.2, 0) is 13.2 Å². The highest BCUT2D eigenvalue weighted by Crippen LogP contribution is 2.25. The summed E-state index contributed by atoms with van der Waals surface area (Å²) in [6.45, 7) is 2.55. The summed E-state index contributed by atoms with van der Waals surface area (Å²) >= 11 is 1.46. The van der Waals surface area contributed by atoms with Crippen LogP contribution in [0.4, 0.5) is 0 Å². The number of benzene rings is 2. The Morgan fingerprint density at radius 3 is 2.31 bits per heavy atom. The fraction of sp³-hybridized carbons (Fsp3) is 0.150. The van der Waals surface area contributed by atoms with Crippen molar-refractivity contribution in [3.05, 3.63) is 81.3 Å². The number of imide groups is 1. The highest BCUT2D eigenvalue weighted by molar-refractivity contribution is 7.09. The molecule has 1 aliphatic heterocycles. The third-order valence-electron chi connectivity index (χ3n) is 4.18. The third-order valence-corrected chi connectivity index (χ3v) is 5.05. The molecule has 2 heterocycles. The number of carbonyl (C=O) groups is 2. The van der Waals surface area contributed by atoms with E-state index in [0.717, 1.165) is 10.8 Å². The van der Waals surface area contributed by atoms with Gasteiger partial charge in [0.25, 0.3) is 11.8 Å². The number of carbonyl (C=O) groups excluding carboxylic acids is 2. The summed E-state index contributed by atoms with van der Waals surface area (Å²) in [6.07, 6.45) is 0. The Balaban J connectivity index is 1.42. The first-order valence-electron chi connectivity index (χ1n) is 8.20. The molecule has 3 aromatic rings. The third kappa shape index (κ3) is 3.11. The van der Waals surface area contributed by atoms with E-state index in [2.05, 4.69) is 4.98 Å². The lowest BCUT2D eigenvalue weighted by atomic mass is 10.1. The topological polar surface area (TPSA) is 59.5 Å². The van der Waals surface area contributed by atoms with Crippen molar-refractivity contribution in [3.63, 3.8) is 0 Å². The fourth-order valence-electron chi connectivity index (χ4n) is 2.81. The van der Waals surface area contributed by atoms with Crippen molar-refractivity contribution in [3.8, 4) is 5.75 Å². The van der Waals surface area contributed by atoms with Crippen LogP contribution >= 0.6 is 11.3 Å². The Labute approximate surface area is 154 Å². The summed E-state index contributed by atoms with van der Waals surface area (Å²) in [7, 11) is 0. The second kappa shape index (κ2) is 6.72. The number of ether oxygens (including phenoxy) is 1. The molecule has 4 rings (SSSR count). The van der Waals surface area contributed by atoms with E-state index in [1.54, 1.807) is 24.3 Å². The van der Waals surface area contributed by atoms with Crippen molar-refractivity contribution in [1.82, 2.24) is 9.88 Å². The number of thiazole rings is 1. The molecule has 0 fully saturated rings. The number of fused-ring (bicyclic) bond motifs is 1. The van der Waals surface area contributed by atoms with Gasteiger partial charge in [0.2, 0.25) is 0 Å². The minimum absolute atomic E-state index is 0.174. The van der Waals surface area contributed by atoms with Crippen molar-refractivity contribution >= 4 is 23.2 Å². The maximum absolute atomic E-state index is 12.4.